The van der Waals surface area contributed by atoms with Crippen molar-refractivity contribution in [3.8, 4) is 0 Å². The van der Waals surface area contributed by atoms with Crippen molar-refractivity contribution >= 4 is 45.4 Å². The van der Waals surface area contributed by atoms with E-state index >= 15 is 0 Å². The first kappa shape index (κ1) is 20.4. The third-order valence-corrected chi connectivity index (χ3v) is 5.14. The number of aromatic nitrogens is 1. The van der Waals surface area contributed by atoms with Gasteiger partial charge < -0.3 is 34.0 Å². The molecule has 0 fully saturated rings. The van der Waals surface area contributed by atoms with Crippen LogP contribution in [0.4, 0.5) is 5.69 Å². The van der Waals surface area contributed by atoms with Gasteiger partial charge in [0.15, 0.2) is 6.54 Å². The van der Waals surface area contributed by atoms with Crippen LogP contribution in [0.15, 0.2) is 48.5 Å². The largest absolute Gasteiger partial charge is 1.00 e. The molecule has 1 N–H and O–H groups in total. The summed E-state index contributed by atoms with van der Waals surface area (Å²) >= 11 is 1.68. The zero-order chi connectivity index (χ0) is 17.8. The summed E-state index contributed by atoms with van der Waals surface area (Å²) in [5.41, 5.74) is 3.36. The molecule has 0 aliphatic rings. The average Bonchev–Trinajstić information content (AvgIpc) is 2.96. The Labute approximate surface area is 174 Å². The molecule has 0 unspecified atom stereocenters. The van der Waals surface area contributed by atoms with Gasteiger partial charge in [0, 0.05) is 31.9 Å². The van der Waals surface area contributed by atoms with Crippen LogP contribution < -0.4 is 33.4 Å². The highest BCUT2D eigenvalue weighted by Crippen LogP contribution is 2.22. The molecule has 3 aromatic rings. The number of aryl methyl sites for hydroxylation is 1. The number of rotatable bonds is 6. The van der Waals surface area contributed by atoms with E-state index < -0.39 is 5.97 Å². The molecular weight excluding hydrogens is 459 g/mol. The summed E-state index contributed by atoms with van der Waals surface area (Å²) < 4.78 is 3.24. The molecule has 0 amide bonds. The topological polar surface area (TPSA) is 44.4 Å². The molecule has 6 heteroatoms. The molecule has 0 bridgehead atoms. The number of halogens is 1. The first-order chi connectivity index (χ1) is 12.0. The fourth-order valence-electron chi connectivity index (χ4n) is 2.67. The van der Waals surface area contributed by atoms with E-state index in [0.29, 0.717) is 6.54 Å². The fraction of sp³-hybridized carbons (Fsp3) is 0.200. The SMILES string of the molecule is CN(C)c1ccc(/C=C/c2sc3ccccc3[n+]2CCC(=O)O)cc1.[I-]. The lowest BCUT2D eigenvalue weighted by molar-refractivity contribution is -0.667. The maximum absolute atomic E-state index is 11.0. The average molecular weight is 480 g/mol. The van der Waals surface area contributed by atoms with Gasteiger partial charge in [0.05, 0.1) is 0 Å². The Morgan fingerprint density at radius 2 is 1.81 bits per heavy atom. The summed E-state index contributed by atoms with van der Waals surface area (Å²) in [5, 5.41) is 10.1. The second kappa shape index (κ2) is 9.14. The lowest BCUT2D eigenvalue weighted by Crippen LogP contribution is -3.00. The highest BCUT2D eigenvalue weighted by molar-refractivity contribution is 7.18. The predicted molar refractivity (Wildman–Crippen MR) is 104 cm³/mol. The number of anilines is 1. The van der Waals surface area contributed by atoms with E-state index in [9.17, 15) is 4.79 Å². The molecule has 0 atom stereocenters. The van der Waals surface area contributed by atoms with Crippen molar-refractivity contribution in [3.05, 3.63) is 59.1 Å². The van der Waals surface area contributed by atoms with Gasteiger partial charge in [-0.3, -0.25) is 4.79 Å². The van der Waals surface area contributed by atoms with E-state index in [4.69, 9.17) is 5.11 Å². The third-order valence-electron chi connectivity index (χ3n) is 4.01. The van der Waals surface area contributed by atoms with Crippen molar-refractivity contribution in [3.63, 3.8) is 0 Å². The van der Waals surface area contributed by atoms with Crippen LogP contribution in [0, 0.1) is 0 Å². The van der Waals surface area contributed by atoms with Crippen molar-refractivity contribution < 1.29 is 38.4 Å². The van der Waals surface area contributed by atoms with Crippen LogP contribution in [0.3, 0.4) is 0 Å². The van der Waals surface area contributed by atoms with E-state index in [1.54, 1.807) is 11.3 Å². The monoisotopic (exact) mass is 480 g/mol. The van der Waals surface area contributed by atoms with Gasteiger partial charge in [0.1, 0.15) is 11.1 Å². The number of para-hydroxylation sites is 1. The molecule has 1 heterocycles. The Morgan fingerprint density at radius 3 is 2.46 bits per heavy atom. The lowest BCUT2D eigenvalue weighted by atomic mass is 10.2. The number of carbonyl (C=O) groups is 1. The summed E-state index contributed by atoms with van der Waals surface area (Å²) in [6.07, 6.45) is 4.25. The van der Waals surface area contributed by atoms with Crippen LogP contribution in [0.2, 0.25) is 0 Å². The van der Waals surface area contributed by atoms with Gasteiger partial charge in [-0.15, -0.1) is 0 Å². The van der Waals surface area contributed by atoms with Crippen LogP contribution in [0.1, 0.15) is 17.0 Å². The molecular formula is C20H21IN2O2S. The summed E-state index contributed by atoms with van der Waals surface area (Å²) in [4.78, 5) is 13.0. The Kier molecular flexibility index (Phi) is 7.16. The maximum Gasteiger partial charge on any atom is 0.309 e. The summed E-state index contributed by atoms with van der Waals surface area (Å²) in [6.45, 7) is 0.471. The number of thiazole rings is 1. The van der Waals surface area contributed by atoms with Crippen LogP contribution in [-0.4, -0.2) is 25.2 Å². The number of fused-ring (bicyclic) bond motifs is 1. The first-order valence-corrected chi connectivity index (χ1v) is 8.95. The molecule has 0 aliphatic heterocycles. The van der Waals surface area contributed by atoms with E-state index in [1.165, 1.54) is 0 Å². The normalized spacial score (nSPS) is 10.8. The van der Waals surface area contributed by atoms with Crippen LogP contribution in [-0.2, 0) is 11.3 Å². The molecule has 3 rings (SSSR count). The molecule has 4 nitrogen and oxygen atoms in total. The molecule has 136 valence electrons. The Bertz CT molecular complexity index is 917. The zero-order valence-electron chi connectivity index (χ0n) is 14.7. The van der Waals surface area contributed by atoms with Crippen LogP contribution >= 0.6 is 11.3 Å². The molecule has 1 aromatic heterocycles. The number of nitrogens with zero attached hydrogens (tertiary/aromatic N) is 2. The van der Waals surface area contributed by atoms with Gasteiger partial charge in [-0.05, 0) is 29.8 Å². The smallest absolute Gasteiger partial charge is 0.309 e. The second-order valence-corrected chi connectivity index (χ2v) is 7.08. The molecule has 26 heavy (non-hydrogen) atoms. The Hall–Kier alpha value is -1.93. The molecule has 0 saturated carbocycles. The summed E-state index contributed by atoms with van der Waals surface area (Å²) in [6, 6.07) is 16.4. The van der Waals surface area contributed by atoms with E-state index in [0.717, 1.165) is 26.5 Å². The van der Waals surface area contributed by atoms with Crippen LogP contribution in [0.5, 0.6) is 0 Å². The minimum atomic E-state index is -0.781. The maximum atomic E-state index is 11.0. The van der Waals surface area contributed by atoms with E-state index in [1.807, 2.05) is 32.3 Å². The van der Waals surface area contributed by atoms with E-state index in [-0.39, 0.29) is 30.4 Å². The number of aliphatic carboxylic acids is 1. The second-order valence-electron chi connectivity index (χ2n) is 6.02. The number of carboxylic acid groups (broad SMARTS) is 1. The molecule has 0 radical (unpaired) electrons. The minimum absolute atomic E-state index is 0. The van der Waals surface area contributed by atoms with Gasteiger partial charge >= 0.3 is 5.97 Å². The number of carboxylic acids is 1. The van der Waals surface area contributed by atoms with Crippen molar-refractivity contribution in [1.82, 2.24) is 0 Å². The zero-order valence-corrected chi connectivity index (χ0v) is 17.7. The summed E-state index contributed by atoms with van der Waals surface area (Å²) in [7, 11) is 4.04. The highest BCUT2D eigenvalue weighted by Gasteiger charge is 2.18. The molecule has 0 aliphatic carbocycles. The van der Waals surface area contributed by atoms with Crippen molar-refractivity contribution in [2.75, 3.05) is 19.0 Å². The first-order valence-electron chi connectivity index (χ1n) is 8.13. The number of hydrogen-bond donors (Lipinski definition) is 1. The van der Waals surface area contributed by atoms with Gasteiger partial charge in [-0.1, -0.05) is 35.6 Å². The van der Waals surface area contributed by atoms with Gasteiger partial charge in [-0.25, -0.2) is 0 Å². The van der Waals surface area contributed by atoms with Crippen LogP contribution in [0.25, 0.3) is 22.4 Å². The molecule has 0 saturated heterocycles. The molecule has 0 spiro atoms. The number of hydrogen-bond acceptors (Lipinski definition) is 3. The lowest BCUT2D eigenvalue weighted by Gasteiger charge is -2.11. The Balaban J connectivity index is 0.00000243. The standard InChI is InChI=1S/C20H20N2O2S.HI/c1-21(2)16-10-7-15(8-11-16)9-12-19-22(14-13-20(23)24)17-5-3-4-6-18(17)25-19;/h3-12H,13-14H2,1-2H3;1H. The minimum Gasteiger partial charge on any atom is -1.00 e. The fourth-order valence-corrected chi connectivity index (χ4v) is 3.76. The summed E-state index contributed by atoms with van der Waals surface area (Å²) in [5.74, 6) is -0.781. The van der Waals surface area contributed by atoms with Gasteiger partial charge in [-0.2, -0.15) is 4.57 Å². The van der Waals surface area contributed by atoms with Gasteiger partial charge in [0.2, 0.25) is 5.52 Å². The van der Waals surface area contributed by atoms with Crippen molar-refractivity contribution in [1.29, 1.82) is 0 Å². The highest BCUT2D eigenvalue weighted by atomic mass is 127. The Morgan fingerprint density at radius 1 is 1.12 bits per heavy atom. The van der Waals surface area contributed by atoms with Crippen molar-refractivity contribution in [2.45, 2.75) is 13.0 Å². The van der Waals surface area contributed by atoms with E-state index in [2.05, 4.69) is 52.0 Å². The van der Waals surface area contributed by atoms with Gasteiger partial charge in [0.25, 0.3) is 5.01 Å². The number of benzene rings is 2. The quantitative estimate of drug-likeness (QED) is 0.422. The molecule has 2 aromatic carbocycles. The predicted octanol–water partition coefficient (Wildman–Crippen LogP) is 0.904. The third kappa shape index (κ3) is 4.82. The van der Waals surface area contributed by atoms with Crippen molar-refractivity contribution in [2.24, 2.45) is 0 Å².